The van der Waals surface area contributed by atoms with Crippen LogP contribution >= 0.6 is 15.9 Å². The van der Waals surface area contributed by atoms with Gasteiger partial charge in [0.2, 0.25) is 0 Å². The number of halogens is 1. The molecule has 0 aromatic heterocycles. The molecule has 0 aromatic carbocycles. The second-order valence-corrected chi connectivity index (χ2v) is 6.70. The number of aliphatic hydroxyl groups excluding tert-OH is 1. The minimum absolute atomic E-state index is 0.0920. The third-order valence-electron chi connectivity index (χ3n) is 3.43. The van der Waals surface area contributed by atoms with Crippen LogP contribution in [0.25, 0.3) is 0 Å². The highest BCUT2D eigenvalue weighted by atomic mass is 79.9. The molecule has 1 N–H and O–H groups in total. The molecule has 0 aromatic rings. The molecule has 1 heterocycles. The molecule has 21 heavy (non-hydrogen) atoms. The SMILES string of the molecule is CC(=O)[C@@H](C)[C@H]1OC(C)(C)O[C@H]1/C=C(Br)/C=C/CCCO. The van der Waals surface area contributed by atoms with Crippen molar-refractivity contribution in [2.45, 2.75) is 58.5 Å². The number of unbranched alkanes of at least 4 members (excludes halogenated alkanes) is 1. The van der Waals surface area contributed by atoms with Crippen LogP contribution in [0.1, 0.15) is 40.5 Å². The summed E-state index contributed by atoms with van der Waals surface area (Å²) in [5.74, 6) is -0.815. The van der Waals surface area contributed by atoms with E-state index in [9.17, 15) is 4.79 Å². The van der Waals surface area contributed by atoms with Crippen LogP contribution < -0.4 is 0 Å². The summed E-state index contributed by atoms with van der Waals surface area (Å²) >= 11 is 3.48. The topological polar surface area (TPSA) is 55.8 Å². The van der Waals surface area contributed by atoms with Gasteiger partial charge in [0.1, 0.15) is 18.0 Å². The summed E-state index contributed by atoms with van der Waals surface area (Å²) in [6.45, 7) is 7.34. The maximum atomic E-state index is 11.6. The zero-order chi connectivity index (χ0) is 16.0. The van der Waals surface area contributed by atoms with Gasteiger partial charge in [0.15, 0.2) is 5.79 Å². The molecule has 1 aliphatic heterocycles. The van der Waals surface area contributed by atoms with Crippen LogP contribution in [0.15, 0.2) is 22.7 Å². The van der Waals surface area contributed by atoms with Gasteiger partial charge in [0, 0.05) is 17.0 Å². The van der Waals surface area contributed by atoms with Crippen LogP contribution in [-0.4, -0.2) is 35.5 Å². The van der Waals surface area contributed by atoms with Crippen molar-refractivity contribution < 1.29 is 19.4 Å². The molecule has 120 valence electrons. The lowest BCUT2D eigenvalue weighted by Crippen LogP contribution is -2.32. The lowest BCUT2D eigenvalue weighted by Gasteiger charge is -2.20. The minimum Gasteiger partial charge on any atom is -0.396 e. The van der Waals surface area contributed by atoms with Crippen LogP contribution in [0.3, 0.4) is 0 Å². The predicted octanol–water partition coefficient (Wildman–Crippen LogP) is 3.34. The van der Waals surface area contributed by atoms with Crippen LogP contribution in [-0.2, 0) is 14.3 Å². The molecule has 0 aliphatic carbocycles. The number of Topliss-reactive ketones (excluding diaryl/α,β-unsaturated/α-hetero) is 1. The average molecular weight is 361 g/mol. The van der Waals surface area contributed by atoms with E-state index in [0.717, 1.165) is 17.3 Å². The van der Waals surface area contributed by atoms with Gasteiger partial charge in [0.05, 0.1) is 0 Å². The highest BCUT2D eigenvalue weighted by Crippen LogP contribution is 2.34. The van der Waals surface area contributed by atoms with Crippen molar-refractivity contribution in [1.82, 2.24) is 0 Å². The molecule has 3 atom stereocenters. The van der Waals surface area contributed by atoms with Gasteiger partial charge in [-0.05, 0) is 39.7 Å². The van der Waals surface area contributed by atoms with Crippen molar-refractivity contribution in [3.63, 3.8) is 0 Å². The fraction of sp³-hybridized carbons (Fsp3) is 0.688. The van der Waals surface area contributed by atoms with E-state index in [-0.39, 0.29) is 30.5 Å². The molecular formula is C16H25BrO4. The van der Waals surface area contributed by atoms with Crippen molar-refractivity contribution in [3.05, 3.63) is 22.7 Å². The first kappa shape index (κ1) is 18.6. The van der Waals surface area contributed by atoms with Crippen molar-refractivity contribution in [2.24, 2.45) is 5.92 Å². The minimum atomic E-state index is -0.691. The Hall–Kier alpha value is -0.490. The predicted molar refractivity (Wildman–Crippen MR) is 86.1 cm³/mol. The molecule has 0 saturated carbocycles. The normalized spacial score (nSPS) is 27.2. The maximum absolute atomic E-state index is 11.6. The van der Waals surface area contributed by atoms with Gasteiger partial charge in [-0.1, -0.05) is 35.0 Å². The number of hydrogen-bond donors (Lipinski definition) is 1. The molecule has 4 nitrogen and oxygen atoms in total. The van der Waals surface area contributed by atoms with Crippen LogP contribution in [0.2, 0.25) is 0 Å². The summed E-state index contributed by atoms with van der Waals surface area (Å²) in [6, 6.07) is 0. The quantitative estimate of drug-likeness (QED) is 0.558. The van der Waals surface area contributed by atoms with Gasteiger partial charge in [0.25, 0.3) is 0 Å². The number of carbonyl (C=O) groups excluding carboxylic acids is 1. The molecule has 1 rings (SSSR count). The first-order chi connectivity index (χ1) is 9.76. The number of carbonyl (C=O) groups is 1. The molecule has 1 fully saturated rings. The van der Waals surface area contributed by atoms with Crippen LogP contribution in [0.5, 0.6) is 0 Å². The van der Waals surface area contributed by atoms with Crippen molar-refractivity contribution in [2.75, 3.05) is 6.61 Å². The van der Waals surface area contributed by atoms with Gasteiger partial charge in [-0.15, -0.1) is 0 Å². The molecule has 0 bridgehead atoms. The first-order valence-corrected chi connectivity index (χ1v) is 8.07. The number of aliphatic hydroxyl groups is 1. The Kier molecular flexibility index (Phi) is 7.27. The molecule has 1 aliphatic rings. The zero-order valence-corrected chi connectivity index (χ0v) is 14.7. The van der Waals surface area contributed by atoms with E-state index >= 15 is 0 Å². The monoisotopic (exact) mass is 360 g/mol. The molecule has 5 heteroatoms. The van der Waals surface area contributed by atoms with E-state index in [0.29, 0.717) is 0 Å². The summed E-state index contributed by atoms with van der Waals surface area (Å²) < 4.78 is 12.6. The summed E-state index contributed by atoms with van der Waals surface area (Å²) in [5, 5.41) is 8.74. The maximum Gasteiger partial charge on any atom is 0.164 e. The van der Waals surface area contributed by atoms with Crippen LogP contribution in [0, 0.1) is 5.92 Å². The fourth-order valence-electron chi connectivity index (χ4n) is 2.18. The number of allylic oxidation sites excluding steroid dienone is 3. The van der Waals surface area contributed by atoms with Gasteiger partial charge in [-0.25, -0.2) is 0 Å². The molecule has 0 spiro atoms. The van der Waals surface area contributed by atoms with Crippen molar-refractivity contribution in [3.8, 4) is 0 Å². The number of ketones is 1. The van der Waals surface area contributed by atoms with E-state index < -0.39 is 5.79 Å². The Balaban J connectivity index is 2.77. The number of rotatable bonds is 7. The standard InChI is InChI=1S/C16H25BrO4/c1-11(12(2)19)15-14(20-16(3,4)21-15)10-13(17)8-6-5-7-9-18/h6,8,10-11,14-15,18H,5,7,9H2,1-4H3/b8-6+,13-10-/t11-,14+,15-/m1/s1. The highest BCUT2D eigenvalue weighted by Gasteiger charge is 2.43. The second kappa shape index (κ2) is 8.22. The molecule has 0 radical (unpaired) electrons. The van der Waals surface area contributed by atoms with Crippen molar-refractivity contribution in [1.29, 1.82) is 0 Å². The summed E-state index contributed by atoms with van der Waals surface area (Å²) in [6.07, 6.45) is 6.86. The third-order valence-corrected chi connectivity index (χ3v) is 3.96. The number of hydrogen-bond acceptors (Lipinski definition) is 4. The molecule has 1 saturated heterocycles. The Morgan fingerprint density at radius 2 is 2.10 bits per heavy atom. The Morgan fingerprint density at radius 1 is 1.43 bits per heavy atom. The largest absolute Gasteiger partial charge is 0.396 e. The van der Waals surface area contributed by atoms with E-state index in [4.69, 9.17) is 14.6 Å². The zero-order valence-electron chi connectivity index (χ0n) is 13.1. The summed E-state index contributed by atoms with van der Waals surface area (Å²) in [4.78, 5) is 11.6. The van der Waals surface area contributed by atoms with Gasteiger partial charge in [-0.2, -0.15) is 0 Å². The van der Waals surface area contributed by atoms with E-state index in [1.54, 1.807) is 6.92 Å². The Morgan fingerprint density at radius 3 is 2.67 bits per heavy atom. The average Bonchev–Trinajstić information content (AvgIpc) is 2.68. The number of ether oxygens (including phenoxy) is 2. The Labute approximate surface area is 135 Å². The molecule has 0 unspecified atom stereocenters. The van der Waals surface area contributed by atoms with E-state index in [1.807, 2.05) is 39.0 Å². The van der Waals surface area contributed by atoms with Crippen LogP contribution in [0.4, 0.5) is 0 Å². The van der Waals surface area contributed by atoms with Gasteiger partial charge < -0.3 is 14.6 Å². The fourth-order valence-corrected chi connectivity index (χ4v) is 2.63. The van der Waals surface area contributed by atoms with Gasteiger partial charge >= 0.3 is 0 Å². The highest BCUT2D eigenvalue weighted by molar-refractivity contribution is 9.11. The van der Waals surface area contributed by atoms with E-state index in [1.165, 1.54) is 0 Å². The van der Waals surface area contributed by atoms with Gasteiger partial charge in [-0.3, -0.25) is 4.79 Å². The lowest BCUT2D eigenvalue weighted by atomic mass is 9.96. The molecular weight excluding hydrogens is 336 g/mol. The smallest absolute Gasteiger partial charge is 0.164 e. The summed E-state index contributed by atoms with van der Waals surface area (Å²) in [7, 11) is 0. The first-order valence-electron chi connectivity index (χ1n) is 7.27. The van der Waals surface area contributed by atoms with E-state index in [2.05, 4.69) is 15.9 Å². The second-order valence-electron chi connectivity index (χ2n) is 5.78. The third kappa shape index (κ3) is 6.02. The Bertz CT molecular complexity index is 415. The summed E-state index contributed by atoms with van der Waals surface area (Å²) in [5.41, 5.74) is 0. The van der Waals surface area contributed by atoms with Crippen molar-refractivity contribution >= 4 is 21.7 Å². The lowest BCUT2D eigenvalue weighted by molar-refractivity contribution is -0.150. The molecule has 0 amide bonds.